The van der Waals surface area contributed by atoms with Crippen molar-refractivity contribution in [1.29, 1.82) is 5.26 Å². The van der Waals surface area contributed by atoms with Gasteiger partial charge in [0.15, 0.2) is 11.5 Å². The van der Waals surface area contributed by atoms with Crippen LogP contribution in [0.4, 0.5) is 5.69 Å². The van der Waals surface area contributed by atoms with Crippen LogP contribution >= 0.6 is 0 Å². The molecular weight excluding hydrogens is 268 g/mol. The van der Waals surface area contributed by atoms with Crippen LogP contribution in [-0.2, 0) is 6.54 Å². The largest absolute Gasteiger partial charge is 0.497 e. The third-order valence-corrected chi connectivity index (χ3v) is 3.27. The second-order valence-electron chi connectivity index (χ2n) is 4.56. The molecule has 1 aliphatic rings. The van der Waals surface area contributed by atoms with E-state index >= 15 is 0 Å². The van der Waals surface area contributed by atoms with Crippen LogP contribution in [0.15, 0.2) is 36.4 Å². The molecule has 1 N–H and O–H groups in total. The molecule has 21 heavy (non-hydrogen) atoms. The number of benzene rings is 2. The highest BCUT2D eigenvalue weighted by molar-refractivity contribution is 5.60. The van der Waals surface area contributed by atoms with Gasteiger partial charge in [0.2, 0.25) is 6.79 Å². The Labute approximate surface area is 122 Å². The first-order chi connectivity index (χ1) is 10.3. The van der Waals surface area contributed by atoms with Gasteiger partial charge in [0.05, 0.1) is 18.4 Å². The van der Waals surface area contributed by atoms with E-state index in [-0.39, 0.29) is 6.79 Å². The van der Waals surface area contributed by atoms with Crippen LogP contribution < -0.4 is 19.5 Å². The number of nitrogens with zero attached hydrogens (tertiary/aromatic N) is 1. The van der Waals surface area contributed by atoms with Crippen LogP contribution in [0.25, 0.3) is 0 Å². The zero-order chi connectivity index (χ0) is 14.7. The average Bonchev–Trinajstić information content (AvgIpc) is 3.00. The van der Waals surface area contributed by atoms with E-state index in [2.05, 4.69) is 11.4 Å². The molecule has 5 heteroatoms. The summed E-state index contributed by atoms with van der Waals surface area (Å²) < 4.78 is 15.8. The molecule has 106 valence electrons. The van der Waals surface area contributed by atoms with E-state index in [1.54, 1.807) is 19.2 Å². The number of anilines is 1. The van der Waals surface area contributed by atoms with Crippen molar-refractivity contribution >= 4 is 5.69 Å². The molecule has 2 aromatic carbocycles. The smallest absolute Gasteiger partial charge is 0.231 e. The molecule has 5 nitrogen and oxygen atoms in total. The number of fused-ring (bicyclic) bond motifs is 1. The van der Waals surface area contributed by atoms with Crippen LogP contribution in [0.2, 0.25) is 0 Å². The van der Waals surface area contributed by atoms with E-state index in [4.69, 9.17) is 19.5 Å². The molecule has 0 aliphatic carbocycles. The minimum absolute atomic E-state index is 0.265. The van der Waals surface area contributed by atoms with E-state index in [1.165, 1.54) is 0 Å². The van der Waals surface area contributed by atoms with Gasteiger partial charge in [-0.25, -0.2) is 0 Å². The van der Waals surface area contributed by atoms with E-state index in [9.17, 15) is 0 Å². The fourth-order valence-electron chi connectivity index (χ4n) is 2.14. The van der Waals surface area contributed by atoms with Gasteiger partial charge in [-0.05, 0) is 29.8 Å². The molecule has 1 aliphatic heterocycles. The van der Waals surface area contributed by atoms with Gasteiger partial charge in [0.25, 0.3) is 0 Å². The predicted molar refractivity (Wildman–Crippen MR) is 77.6 cm³/mol. The van der Waals surface area contributed by atoms with E-state index in [1.807, 2.05) is 24.3 Å². The Bertz CT molecular complexity index is 707. The fourth-order valence-corrected chi connectivity index (χ4v) is 2.14. The molecule has 0 atom stereocenters. The summed E-state index contributed by atoms with van der Waals surface area (Å²) in [5.74, 6) is 2.22. The molecule has 2 aromatic rings. The van der Waals surface area contributed by atoms with Gasteiger partial charge < -0.3 is 19.5 Å². The Kier molecular flexibility index (Phi) is 3.52. The summed E-state index contributed by atoms with van der Waals surface area (Å²) in [6, 6.07) is 13.3. The second-order valence-corrected chi connectivity index (χ2v) is 4.56. The Hall–Kier alpha value is -2.87. The van der Waals surface area contributed by atoms with Crippen LogP contribution in [0.1, 0.15) is 11.1 Å². The lowest BCUT2D eigenvalue weighted by Crippen LogP contribution is -2.01. The first-order valence-electron chi connectivity index (χ1n) is 6.50. The number of nitriles is 1. The topological polar surface area (TPSA) is 63.5 Å². The minimum Gasteiger partial charge on any atom is -0.497 e. The predicted octanol–water partition coefficient (Wildman–Crippen LogP) is 2.91. The standard InChI is InChI=1S/C16H14N2O3/c1-19-13-4-3-12(8-17)14(7-13)18-9-11-2-5-15-16(6-11)21-10-20-15/h2-7,18H,9-10H2,1H3. The summed E-state index contributed by atoms with van der Waals surface area (Å²) in [7, 11) is 1.60. The summed E-state index contributed by atoms with van der Waals surface area (Å²) in [6.07, 6.45) is 0. The average molecular weight is 282 g/mol. The van der Waals surface area contributed by atoms with Gasteiger partial charge in [-0.1, -0.05) is 6.07 Å². The molecule has 3 rings (SSSR count). The summed E-state index contributed by atoms with van der Waals surface area (Å²) in [5, 5.41) is 12.4. The fraction of sp³-hybridized carbons (Fsp3) is 0.188. The van der Waals surface area contributed by atoms with Crippen molar-refractivity contribution in [1.82, 2.24) is 0 Å². The summed E-state index contributed by atoms with van der Waals surface area (Å²) >= 11 is 0. The van der Waals surface area contributed by atoms with Gasteiger partial charge in [0.1, 0.15) is 11.8 Å². The summed E-state index contributed by atoms with van der Waals surface area (Å²) in [6.45, 7) is 0.846. The third-order valence-electron chi connectivity index (χ3n) is 3.27. The Morgan fingerprint density at radius 1 is 1.19 bits per heavy atom. The number of hydrogen-bond donors (Lipinski definition) is 1. The molecular formula is C16H14N2O3. The lowest BCUT2D eigenvalue weighted by molar-refractivity contribution is 0.174. The van der Waals surface area contributed by atoms with Crippen molar-refractivity contribution in [3.63, 3.8) is 0 Å². The van der Waals surface area contributed by atoms with Crippen molar-refractivity contribution in [2.24, 2.45) is 0 Å². The normalized spacial score (nSPS) is 11.8. The zero-order valence-electron chi connectivity index (χ0n) is 11.6. The molecule has 0 unspecified atom stereocenters. The minimum atomic E-state index is 0.265. The van der Waals surface area contributed by atoms with Gasteiger partial charge in [-0.3, -0.25) is 0 Å². The Morgan fingerprint density at radius 3 is 2.86 bits per heavy atom. The highest BCUT2D eigenvalue weighted by Gasteiger charge is 2.13. The van der Waals surface area contributed by atoms with Crippen molar-refractivity contribution in [3.8, 4) is 23.3 Å². The molecule has 0 amide bonds. The maximum atomic E-state index is 9.14. The first-order valence-corrected chi connectivity index (χ1v) is 6.50. The maximum absolute atomic E-state index is 9.14. The maximum Gasteiger partial charge on any atom is 0.231 e. The van der Waals surface area contributed by atoms with E-state index in [0.29, 0.717) is 17.9 Å². The van der Waals surface area contributed by atoms with Gasteiger partial charge in [-0.2, -0.15) is 5.26 Å². The number of rotatable bonds is 4. The lowest BCUT2D eigenvalue weighted by Gasteiger charge is -2.10. The molecule has 1 heterocycles. The van der Waals surface area contributed by atoms with Crippen LogP contribution in [0.3, 0.4) is 0 Å². The summed E-state index contributed by atoms with van der Waals surface area (Å²) in [5.41, 5.74) is 2.37. The molecule has 0 spiro atoms. The van der Waals surface area contributed by atoms with Crippen LogP contribution in [-0.4, -0.2) is 13.9 Å². The van der Waals surface area contributed by atoms with E-state index < -0.39 is 0 Å². The zero-order valence-corrected chi connectivity index (χ0v) is 11.6. The molecule has 0 radical (unpaired) electrons. The number of ether oxygens (including phenoxy) is 3. The molecule has 0 saturated carbocycles. The van der Waals surface area contributed by atoms with Crippen molar-refractivity contribution in [2.45, 2.75) is 6.54 Å². The van der Waals surface area contributed by atoms with Crippen molar-refractivity contribution in [2.75, 3.05) is 19.2 Å². The lowest BCUT2D eigenvalue weighted by atomic mass is 10.1. The molecule has 0 saturated heterocycles. The summed E-state index contributed by atoms with van der Waals surface area (Å²) in [4.78, 5) is 0. The third kappa shape index (κ3) is 2.70. The number of methoxy groups -OCH3 is 1. The first kappa shape index (κ1) is 13.1. The van der Waals surface area contributed by atoms with E-state index in [0.717, 1.165) is 22.7 Å². The molecule has 0 bridgehead atoms. The highest BCUT2D eigenvalue weighted by Crippen LogP contribution is 2.32. The van der Waals surface area contributed by atoms with Gasteiger partial charge in [0, 0.05) is 12.6 Å². The number of hydrogen-bond acceptors (Lipinski definition) is 5. The van der Waals surface area contributed by atoms with Gasteiger partial charge >= 0.3 is 0 Å². The Morgan fingerprint density at radius 2 is 2.05 bits per heavy atom. The number of nitrogens with one attached hydrogen (secondary N) is 1. The van der Waals surface area contributed by atoms with Crippen molar-refractivity contribution < 1.29 is 14.2 Å². The molecule has 0 aromatic heterocycles. The van der Waals surface area contributed by atoms with Gasteiger partial charge in [-0.15, -0.1) is 0 Å². The Balaban J connectivity index is 1.77. The quantitative estimate of drug-likeness (QED) is 0.934. The van der Waals surface area contributed by atoms with Crippen LogP contribution in [0.5, 0.6) is 17.2 Å². The SMILES string of the molecule is COc1ccc(C#N)c(NCc2ccc3c(c2)OCO3)c1. The second kappa shape index (κ2) is 5.63. The van der Waals surface area contributed by atoms with Crippen LogP contribution in [0, 0.1) is 11.3 Å². The molecule has 0 fully saturated rings. The van der Waals surface area contributed by atoms with Crippen molar-refractivity contribution in [3.05, 3.63) is 47.5 Å². The monoisotopic (exact) mass is 282 g/mol. The highest BCUT2D eigenvalue weighted by atomic mass is 16.7.